The van der Waals surface area contributed by atoms with Crippen molar-refractivity contribution in [2.24, 2.45) is 11.8 Å². The summed E-state index contributed by atoms with van der Waals surface area (Å²) in [6.45, 7) is 5.53. The number of carboxylic acid groups (broad SMARTS) is 1. The Hall–Kier alpha value is -2.14. The van der Waals surface area contributed by atoms with Crippen molar-refractivity contribution in [1.82, 2.24) is 15.0 Å². The van der Waals surface area contributed by atoms with Gasteiger partial charge in [0.25, 0.3) is 5.91 Å². The summed E-state index contributed by atoms with van der Waals surface area (Å²) in [5, 5.41) is 11.1. The lowest BCUT2D eigenvalue weighted by Gasteiger charge is -2.23. The van der Waals surface area contributed by atoms with Crippen molar-refractivity contribution in [3.63, 3.8) is 0 Å². The number of aliphatic carboxylic acids is 1. The van der Waals surface area contributed by atoms with Crippen LogP contribution in [0.25, 0.3) is 0 Å². The number of carbonyl (C=O) groups is 2. The van der Waals surface area contributed by atoms with Gasteiger partial charge in [-0.2, -0.15) is 13.2 Å². The Morgan fingerprint density at radius 1 is 1.16 bits per heavy atom. The van der Waals surface area contributed by atoms with E-state index in [2.05, 4.69) is 10.1 Å². The number of fused-ring (bicyclic) bond motifs is 1. The highest BCUT2D eigenvalue weighted by Gasteiger charge is 2.41. The van der Waals surface area contributed by atoms with Gasteiger partial charge < -0.3 is 24.2 Å². The van der Waals surface area contributed by atoms with E-state index < -0.39 is 12.1 Å². The molecule has 11 heteroatoms. The summed E-state index contributed by atoms with van der Waals surface area (Å²) in [4.78, 5) is 26.1. The van der Waals surface area contributed by atoms with E-state index in [9.17, 15) is 18.0 Å². The molecule has 0 radical (unpaired) electrons. The van der Waals surface area contributed by atoms with Gasteiger partial charge in [0.15, 0.2) is 5.69 Å². The zero-order valence-corrected chi connectivity index (χ0v) is 17.0. The standard InChI is InChI=1S/C18H25N3O3.C2HF3O2/c22-18(15-7-16(24-19-15)13-3-4-13)21-10-14-9-20(8-12-1-2-12)5-6-23-17(14)11-21;3-2(4,5)1(6)7/h7,12-14,17H,1-6,8-11H2;(H,6,7)/t14-,17+;/m0./s1. The molecule has 1 aromatic heterocycles. The van der Waals surface area contributed by atoms with Crippen LogP contribution in [-0.2, 0) is 9.53 Å². The van der Waals surface area contributed by atoms with Crippen molar-refractivity contribution < 1.29 is 37.1 Å². The summed E-state index contributed by atoms with van der Waals surface area (Å²) in [6.07, 6.45) is 0.160. The van der Waals surface area contributed by atoms with Crippen LogP contribution in [0.3, 0.4) is 0 Å². The van der Waals surface area contributed by atoms with Crippen molar-refractivity contribution in [3.05, 3.63) is 17.5 Å². The van der Waals surface area contributed by atoms with E-state index in [0.29, 0.717) is 24.1 Å². The van der Waals surface area contributed by atoms with Crippen LogP contribution < -0.4 is 0 Å². The summed E-state index contributed by atoms with van der Waals surface area (Å²) < 4.78 is 43.1. The lowest BCUT2D eigenvalue weighted by atomic mass is 10.1. The van der Waals surface area contributed by atoms with Crippen LogP contribution in [0.4, 0.5) is 13.2 Å². The van der Waals surface area contributed by atoms with Gasteiger partial charge in [-0.3, -0.25) is 4.79 Å². The Bertz CT molecular complexity index is 806. The van der Waals surface area contributed by atoms with Crippen LogP contribution >= 0.6 is 0 Å². The number of amides is 1. The van der Waals surface area contributed by atoms with Crippen LogP contribution in [0.5, 0.6) is 0 Å². The second kappa shape index (κ2) is 8.78. The minimum absolute atomic E-state index is 0.00364. The molecule has 0 unspecified atom stereocenters. The van der Waals surface area contributed by atoms with Crippen LogP contribution in [-0.4, -0.2) is 83.6 Å². The quantitative estimate of drug-likeness (QED) is 0.760. The Kier molecular flexibility index (Phi) is 6.25. The Morgan fingerprint density at radius 2 is 1.87 bits per heavy atom. The molecule has 4 aliphatic rings. The number of rotatable bonds is 4. The van der Waals surface area contributed by atoms with E-state index in [-0.39, 0.29) is 12.0 Å². The fourth-order valence-electron chi connectivity index (χ4n) is 4.07. The molecule has 0 bridgehead atoms. The molecule has 2 aliphatic heterocycles. The van der Waals surface area contributed by atoms with Crippen LogP contribution in [0.15, 0.2) is 10.6 Å². The third kappa shape index (κ3) is 5.76. The van der Waals surface area contributed by atoms with E-state index >= 15 is 0 Å². The third-order valence-electron chi connectivity index (χ3n) is 6.08. The number of hydrogen-bond donors (Lipinski definition) is 1. The van der Waals surface area contributed by atoms with Gasteiger partial charge in [0.2, 0.25) is 0 Å². The number of carboxylic acids is 1. The SMILES string of the molecule is O=C(O)C(F)(F)F.O=C(c1cc(C2CC2)on1)N1C[C@@H]2CN(CC3CC3)CCO[C@@H]2C1. The normalized spacial score (nSPS) is 26.6. The first-order valence-corrected chi connectivity index (χ1v) is 10.6. The van der Waals surface area contributed by atoms with Crippen LogP contribution in [0.1, 0.15) is 47.8 Å². The van der Waals surface area contributed by atoms with Crippen molar-refractivity contribution in [3.8, 4) is 0 Å². The van der Waals surface area contributed by atoms with E-state index in [1.54, 1.807) is 0 Å². The number of halogens is 3. The molecule has 0 aromatic carbocycles. The van der Waals surface area contributed by atoms with Gasteiger partial charge in [-0.1, -0.05) is 5.16 Å². The van der Waals surface area contributed by atoms with Crippen LogP contribution in [0, 0.1) is 11.8 Å². The zero-order chi connectivity index (χ0) is 22.2. The summed E-state index contributed by atoms with van der Waals surface area (Å²) >= 11 is 0. The molecular formula is C20H26F3N3O5. The summed E-state index contributed by atoms with van der Waals surface area (Å²) in [6, 6.07) is 1.84. The molecule has 1 aromatic rings. The monoisotopic (exact) mass is 445 g/mol. The molecule has 172 valence electrons. The number of likely N-dealkylation sites (tertiary alicyclic amines) is 1. The molecule has 3 heterocycles. The molecule has 2 saturated heterocycles. The van der Waals surface area contributed by atoms with Gasteiger partial charge in [-0.05, 0) is 31.6 Å². The minimum atomic E-state index is -5.08. The number of alkyl halides is 3. The molecule has 8 nitrogen and oxygen atoms in total. The highest BCUT2D eigenvalue weighted by molar-refractivity contribution is 5.92. The van der Waals surface area contributed by atoms with Gasteiger partial charge in [-0.25, -0.2) is 4.79 Å². The molecular weight excluding hydrogens is 419 g/mol. The predicted octanol–water partition coefficient (Wildman–Crippen LogP) is 2.37. The molecule has 2 aliphatic carbocycles. The average Bonchev–Trinajstić information content (AvgIpc) is 3.64. The number of ether oxygens (including phenoxy) is 1. The van der Waals surface area contributed by atoms with Crippen molar-refractivity contribution in [1.29, 1.82) is 0 Å². The second-order valence-corrected chi connectivity index (χ2v) is 8.77. The summed E-state index contributed by atoms with van der Waals surface area (Å²) in [7, 11) is 0. The van der Waals surface area contributed by atoms with Gasteiger partial charge in [0, 0.05) is 50.6 Å². The third-order valence-corrected chi connectivity index (χ3v) is 6.08. The number of carbonyl (C=O) groups excluding carboxylic acids is 1. The smallest absolute Gasteiger partial charge is 0.475 e. The lowest BCUT2D eigenvalue weighted by molar-refractivity contribution is -0.192. The fraction of sp³-hybridized carbons (Fsp3) is 0.750. The highest BCUT2D eigenvalue weighted by atomic mass is 19.4. The molecule has 31 heavy (non-hydrogen) atoms. The second-order valence-electron chi connectivity index (χ2n) is 8.77. The van der Waals surface area contributed by atoms with Gasteiger partial charge in [-0.15, -0.1) is 0 Å². The molecule has 2 atom stereocenters. The number of nitrogens with zero attached hydrogens (tertiary/aromatic N) is 3. The maximum absolute atomic E-state index is 12.7. The van der Waals surface area contributed by atoms with Gasteiger partial charge in [0.05, 0.1) is 12.7 Å². The Morgan fingerprint density at radius 3 is 2.48 bits per heavy atom. The molecule has 2 saturated carbocycles. The molecule has 1 amide bonds. The van der Waals surface area contributed by atoms with E-state index in [1.807, 2.05) is 11.0 Å². The number of hydrogen-bond acceptors (Lipinski definition) is 6. The molecule has 1 N–H and O–H groups in total. The topological polar surface area (TPSA) is 96.1 Å². The van der Waals surface area contributed by atoms with E-state index in [1.165, 1.54) is 19.4 Å². The predicted molar refractivity (Wildman–Crippen MR) is 100 cm³/mol. The average molecular weight is 445 g/mol. The van der Waals surface area contributed by atoms with Gasteiger partial charge in [0.1, 0.15) is 5.76 Å². The fourth-order valence-corrected chi connectivity index (χ4v) is 4.07. The first-order valence-electron chi connectivity index (χ1n) is 10.6. The van der Waals surface area contributed by atoms with Crippen molar-refractivity contribution in [2.45, 2.75) is 43.9 Å². The molecule has 4 fully saturated rings. The maximum Gasteiger partial charge on any atom is 0.490 e. The Balaban J connectivity index is 0.000000289. The largest absolute Gasteiger partial charge is 0.490 e. The highest BCUT2D eigenvalue weighted by Crippen LogP contribution is 2.40. The lowest BCUT2D eigenvalue weighted by Crippen LogP contribution is -2.35. The summed E-state index contributed by atoms with van der Waals surface area (Å²) in [5.74, 6) is -0.0770. The molecule has 0 spiro atoms. The molecule has 5 rings (SSSR count). The Labute approximate surface area is 177 Å². The van der Waals surface area contributed by atoms with Crippen molar-refractivity contribution in [2.75, 3.05) is 39.3 Å². The summed E-state index contributed by atoms with van der Waals surface area (Å²) in [5.41, 5.74) is 0.461. The maximum atomic E-state index is 12.7. The number of aromatic nitrogens is 1. The van der Waals surface area contributed by atoms with E-state index in [4.69, 9.17) is 19.2 Å². The first kappa shape index (κ1) is 22.1. The minimum Gasteiger partial charge on any atom is -0.475 e. The van der Waals surface area contributed by atoms with Crippen LogP contribution in [0.2, 0.25) is 0 Å². The van der Waals surface area contributed by atoms with Crippen molar-refractivity contribution >= 4 is 11.9 Å². The first-order chi connectivity index (χ1) is 14.7. The van der Waals surface area contributed by atoms with Gasteiger partial charge >= 0.3 is 12.1 Å². The zero-order valence-electron chi connectivity index (χ0n) is 17.0. The van der Waals surface area contributed by atoms with E-state index in [0.717, 1.165) is 50.8 Å².